The zero-order chi connectivity index (χ0) is 21.3. The van der Waals surface area contributed by atoms with E-state index in [4.69, 9.17) is 0 Å². The number of sulfonamides is 1. The summed E-state index contributed by atoms with van der Waals surface area (Å²) in [6.07, 6.45) is 0.934. The lowest BCUT2D eigenvalue weighted by Crippen LogP contribution is -2.50. The average molecular weight is 431 g/mol. The van der Waals surface area contributed by atoms with Gasteiger partial charge >= 0.3 is 0 Å². The molecule has 0 unspecified atom stereocenters. The van der Waals surface area contributed by atoms with E-state index in [2.05, 4.69) is 5.10 Å². The molecule has 158 valence electrons. The number of anilines is 1. The zero-order valence-corrected chi connectivity index (χ0v) is 17.5. The second-order valence-electron chi connectivity index (χ2n) is 7.41. The molecule has 0 bridgehead atoms. The number of hydrogen-bond donors (Lipinski definition) is 0. The van der Waals surface area contributed by atoms with Crippen molar-refractivity contribution in [3.63, 3.8) is 0 Å². The highest BCUT2D eigenvalue weighted by molar-refractivity contribution is 7.89. The van der Waals surface area contributed by atoms with Crippen LogP contribution in [0, 0.1) is 5.82 Å². The third-order valence-electron chi connectivity index (χ3n) is 5.35. The van der Waals surface area contributed by atoms with E-state index in [1.807, 2.05) is 24.1 Å². The first kappa shape index (κ1) is 20.5. The Morgan fingerprint density at radius 3 is 2.30 bits per heavy atom. The molecule has 0 spiro atoms. The maximum Gasteiger partial charge on any atom is 0.253 e. The van der Waals surface area contributed by atoms with Gasteiger partial charge < -0.3 is 4.90 Å². The zero-order valence-electron chi connectivity index (χ0n) is 16.7. The minimum absolute atomic E-state index is 0.0716. The Labute approximate surface area is 175 Å². The number of carbonyl (C=O) groups excluding carboxylic acids is 1. The molecule has 0 radical (unpaired) electrons. The number of piperazine rings is 1. The van der Waals surface area contributed by atoms with Crippen LogP contribution in [0.25, 0.3) is 0 Å². The summed E-state index contributed by atoms with van der Waals surface area (Å²) < 4.78 is 40.1. The average Bonchev–Trinajstić information content (AvgIpc) is 3.20. The van der Waals surface area contributed by atoms with E-state index < -0.39 is 15.8 Å². The van der Waals surface area contributed by atoms with Crippen molar-refractivity contribution in [2.24, 2.45) is 5.10 Å². The van der Waals surface area contributed by atoms with Gasteiger partial charge in [0.1, 0.15) is 5.82 Å². The molecule has 2 aromatic rings. The molecule has 1 fully saturated rings. The van der Waals surface area contributed by atoms with Crippen molar-refractivity contribution in [1.29, 1.82) is 0 Å². The second-order valence-corrected chi connectivity index (χ2v) is 9.35. The van der Waals surface area contributed by atoms with Crippen LogP contribution in [0.5, 0.6) is 0 Å². The Kier molecular flexibility index (Phi) is 5.57. The number of rotatable bonds is 4. The van der Waals surface area contributed by atoms with Gasteiger partial charge in [-0.05, 0) is 49.4 Å². The Hall–Kier alpha value is -2.78. The van der Waals surface area contributed by atoms with Gasteiger partial charge in [-0.1, -0.05) is 6.07 Å². The fourth-order valence-electron chi connectivity index (χ4n) is 3.63. The predicted octanol–water partition coefficient (Wildman–Crippen LogP) is 2.56. The summed E-state index contributed by atoms with van der Waals surface area (Å²) in [7, 11) is -3.78. The summed E-state index contributed by atoms with van der Waals surface area (Å²) in [5.74, 6) is -0.728. The van der Waals surface area contributed by atoms with Crippen LogP contribution in [0.3, 0.4) is 0 Å². The highest BCUT2D eigenvalue weighted by Crippen LogP contribution is 2.22. The van der Waals surface area contributed by atoms with Crippen LogP contribution in [-0.2, 0) is 10.0 Å². The van der Waals surface area contributed by atoms with Gasteiger partial charge in [-0.2, -0.15) is 9.41 Å². The second kappa shape index (κ2) is 8.16. The molecule has 9 heteroatoms. The lowest BCUT2D eigenvalue weighted by atomic mass is 10.1. The molecule has 1 saturated heterocycles. The van der Waals surface area contributed by atoms with Gasteiger partial charge in [0, 0.05) is 50.4 Å². The number of hydrogen-bond acceptors (Lipinski definition) is 5. The molecule has 7 nitrogen and oxygen atoms in total. The maximum absolute atomic E-state index is 13.4. The molecule has 2 aliphatic rings. The van der Waals surface area contributed by atoms with Gasteiger partial charge in [0.15, 0.2) is 0 Å². The van der Waals surface area contributed by atoms with Crippen LogP contribution in [0.2, 0.25) is 0 Å². The van der Waals surface area contributed by atoms with E-state index in [9.17, 15) is 17.6 Å². The molecular weight excluding hydrogens is 407 g/mol. The van der Waals surface area contributed by atoms with Gasteiger partial charge in [0.2, 0.25) is 10.0 Å². The van der Waals surface area contributed by atoms with Crippen LogP contribution < -0.4 is 5.01 Å². The number of halogens is 1. The van der Waals surface area contributed by atoms with Crippen molar-refractivity contribution in [2.75, 3.05) is 37.7 Å². The quantitative estimate of drug-likeness (QED) is 0.747. The molecule has 0 aromatic heterocycles. The van der Waals surface area contributed by atoms with Crippen molar-refractivity contribution in [2.45, 2.75) is 18.2 Å². The molecule has 2 aromatic carbocycles. The number of carbonyl (C=O) groups is 1. The van der Waals surface area contributed by atoms with E-state index in [1.54, 1.807) is 17.0 Å². The highest BCUT2D eigenvalue weighted by Gasteiger charge is 2.30. The molecule has 0 saturated carbocycles. The topological polar surface area (TPSA) is 73.3 Å². The van der Waals surface area contributed by atoms with Crippen molar-refractivity contribution >= 4 is 27.3 Å². The van der Waals surface area contributed by atoms with Gasteiger partial charge in [-0.25, -0.2) is 12.8 Å². The first-order chi connectivity index (χ1) is 14.3. The first-order valence-corrected chi connectivity index (χ1v) is 11.3. The fraction of sp³-hybridized carbons (Fsp3) is 0.333. The van der Waals surface area contributed by atoms with Crippen LogP contribution in [0.15, 0.2) is 58.5 Å². The molecule has 2 aliphatic heterocycles. The van der Waals surface area contributed by atoms with Gasteiger partial charge in [-0.15, -0.1) is 0 Å². The van der Waals surface area contributed by atoms with E-state index in [1.165, 1.54) is 22.5 Å². The summed E-state index contributed by atoms with van der Waals surface area (Å²) in [5, 5.41) is 6.37. The first-order valence-electron chi connectivity index (χ1n) is 9.81. The fourth-order valence-corrected chi connectivity index (χ4v) is 5.08. The minimum Gasteiger partial charge on any atom is -0.336 e. The Morgan fingerprint density at radius 2 is 1.70 bits per heavy atom. The van der Waals surface area contributed by atoms with Crippen LogP contribution in [0.4, 0.5) is 10.1 Å². The Morgan fingerprint density at radius 1 is 1.00 bits per heavy atom. The van der Waals surface area contributed by atoms with Gasteiger partial charge in [-0.3, -0.25) is 9.80 Å². The molecule has 0 N–H and O–H groups in total. The normalized spacial score (nSPS) is 17.9. The van der Waals surface area contributed by atoms with Crippen molar-refractivity contribution in [3.8, 4) is 0 Å². The van der Waals surface area contributed by atoms with E-state index >= 15 is 0 Å². The maximum atomic E-state index is 13.4. The number of amides is 1. The molecule has 30 heavy (non-hydrogen) atoms. The van der Waals surface area contributed by atoms with E-state index in [-0.39, 0.29) is 37.0 Å². The largest absolute Gasteiger partial charge is 0.336 e. The monoisotopic (exact) mass is 430 g/mol. The molecule has 0 aliphatic carbocycles. The number of nitrogens with zero attached hydrogens (tertiary/aromatic N) is 4. The predicted molar refractivity (Wildman–Crippen MR) is 113 cm³/mol. The smallest absolute Gasteiger partial charge is 0.253 e. The lowest BCUT2D eigenvalue weighted by Gasteiger charge is -2.34. The molecule has 4 rings (SSSR count). The number of hydrazone groups is 1. The van der Waals surface area contributed by atoms with Gasteiger partial charge in [0.05, 0.1) is 10.6 Å². The van der Waals surface area contributed by atoms with Crippen LogP contribution in [-0.4, -0.2) is 62.0 Å². The third-order valence-corrected chi connectivity index (χ3v) is 7.24. The van der Waals surface area contributed by atoms with Crippen molar-refractivity contribution < 1.29 is 17.6 Å². The van der Waals surface area contributed by atoms with Crippen molar-refractivity contribution in [1.82, 2.24) is 9.21 Å². The SMILES string of the molecule is CC1=NN(c2ccc(C(=O)N3CCN(S(=O)(=O)c4cccc(F)c4)CC3)cc2)CC1. The van der Waals surface area contributed by atoms with E-state index in [0.29, 0.717) is 5.56 Å². The summed E-state index contributed by atoms with van der Waals surface area (Å²) >= 11 is 0. The van der Waals surface area contributed by atoms with E-state index in [0.717, 1.165) is 30.4 Å². The summed E-state index contributed by atoms with van der Waals surface area (Å²) in [6.45, 7) is 3.73. The van der Waals surface area contributed by atoms with Gasteiger partial charge in [0.25, 0.3) is 5.91 Å². The van der Waals surface area contributed by atoms with Crippen LogP contribution >= 0.6 is 0 Å². The summed E-state index contributed by atoms with van der Waals surface area (Å²) in [5.41, 5.74) is 2.58. The Bertz CT molecular complexity index is 1080. The lowest BCUT2D eigenvalue weighted by molar-refractivity contribution is 0.0698. The molecule has 0 atom stereocenters. The summed E-state index contributed by atoms with van der Waals surface area (Å²) in [4.78, 5) is 14.4. The molecular formula is C21H23FN4O3S. The Balaban J connectivity index is 1.40. The van der Waals surface area contributed by atoms with Crippen LogP contribution in [0.1, 0.15) is 23.7 Å². The number of benzene rings is 2. The highest BCUT2D eigenvalue weighted by atomic mass is 32.2. The third kappa shape index (κ3) is 4.08. The molecule has 2 heterocycles. The van der Waals surface area contributed by atoms with Crippen molar-refractivity contribution in [3.05, 3.63) is 59.9 Å². The minimum atomic E-state index is -3.78. The summed E-state index contributed by atoms with van der Waals surface area (Å²) in [6, 6.07) is 12.3. The standard InChI is InChI=1S/C21H23FN4O3S/c1-16-9-10-26(23-16)19-7-5-17(6-8-19)21(27)24-11-13-25(14-12-24)30(28,29)20-4-2-3-18(22)15-20/h2-8,15H,9-14H2,1H3. The molecule has 1 amide bonds.